The van der Waals surface area contributed by atoms with Crippen LogP contribution in [0.1, 0.15) is 50.6 Å². The van der Waals surface area contributed by atoms with Crippen LogP contribution >= 0.6 is 11.6 Å². The molecule has 0 bridgehead atoms. The molecule has 1 atom stereocenters. The van der Waals surface area contributed by atoms with Crippen molar-refractivity contribution >= 4 is 17.6 Å². The third-order valence-corrected chi connectivity index (χ3v) is 4.00. The molecule has 0 aromatic heterocycles. The van der Waals surface area contributed by atoms with Gasteiger partial charge < -0.3 is 10.6 Å². The molecular formula is C15H21ClN2O. The van der Waals surface area contributed by atoms with Gasteiger partial charge in [-0.15, -0.1) is 0 Å². The van der Waals surface area contributed by atoms with Gasteiger partial charge in [0.2, 0.25) is 0 Å². The van der Waals surface area contributed by atoms with Crippen LogP contribution in [-0.4, -0.2) is 12.1 Å². The molecule has 0 radical (unpaired) electrons. The van der Waals surface area contributed by atoms with Gasteiger partial charge in [-0.1, -0.05) is 49.1 Å². The Kier molecular flexibility index (Phi) is 5.08. The van der Waals surface area contributed by atoms with E-state index in [9.17, 15) is 4.79 Å². The predicted molar refractivity (Wildman–Crippen MR) is 78.4 cm³/mol. The first-order chi connectivity index (χ1) is 9.16. The summed E-state index contributed by atoms with van der Waals surface area (Å²) < 4.78 is 0. The molecular weight excluding hydrogens is 260 g/mol. The van der Waals surface area contributed by atoms with Crippen molar-refractivity contribution in [3.05, 3.63) is 34.9 Å². The van der Waals surface area contributed by atoms with E-state index in [0.717, 1.165) is 18.4 Å². The molecule has 1 fully saturated rings. The Morgan fingerprint density at radius 3 is 2.63 bits per heavy atom. The number of hydrogen-bond donors (Lipinski definition) is 2. The van der Waals surface area contributed by atoms with Gasteiger partial charge in [0.1, 0.15) is 0 Å². The first-order valence-electron chi connectivity index (χ1n) is 6.98. The van der Waals surface area contributed by atoms with Gasteiger partial charge in [-0.3, -0.25) is 0 Å². The van der Waals surface area contributed by atoms with Gasteiger partial charge in [-0.05, 0) is 31.4 Å². The molecule has 2 amide bonds. The van der Waals surface area contributed by atoms with Crippen LogP contribution in [0.4, 0.5) is 4.79 Å². The standard InChI is InChI=1S/C15H21ClN2O/c1-11(13-9-5-6-10-14(13)16)17-15(19)18-12-7-3-2-4-8-12/h5-6,9-12H,2-4,7-8H2,1H3,(H2,17,18,19)/t11-/m1/s1. The zero-order valence-electron chi connectivity index (χ0n) is 11.3. The van der Waals surface area contributed by atoms with Gasteiger partial charge in [-0.2, -0.15) is 0 Å². The number of benzene rings is 1. The molecule has 0 spiro atoms. The summed E-state index contributed by atoms with van der Waals surface area (Å²) in [7, 11) is 0. The molecule has 1 aromatic carbocycles. The summed E-state index contributed by atoms with van der Waals surface area (Å²) in [6, 6.07) is 7.74. The van der Waals surface area contributed by atoms with Gasteiger partial charge in [0.05, 0.1) is 6.04 Å². The van der Waals surface area contributed by atoms with E-state index in [2.05, 4.69) is 10.6 Å². The number of rotatable bonds is 3. The molecule has 19 heavy (non-hydrogen) atoms. The molecule has 1 aliphatic rings. The van der Waals surface area contributed by atoms with E-state index in [0.29, 0.717) is 11.1 Å². The van der Waals surface area contributed by atoms with Crippen molar-refractivity contribution in [3.8, 4) is 0 Å². The van der Waals surface area contributed by atoms with E-state index in [4.69, 9.17) is 11.6 Å². The highest BCUT2D eigenvalue weighted by Gasteiger charge is 2.17. The zero-order valence-corrected chi connectivity index (χ0v) is 12.0. The topological polar surface area (TPSA) is 41.1 Å². The maximum atomic E-state index is 11.9. The maximum Gasteiger partial charge on any atom is 0.315 e. The van der Waals surface area contributed by atoms with Crippen molar-refractivity contribution in [1.29, 1.82) is 0 Å². The number of halogens is 1. The molecule has 1 aromatic rings. The number of hydrogen-bond acceptors (Lipinski definition) is 1. The van der Waals surface area contributed by atoms with E-state index in [1.807, 2.05) is 31.2 Å². The summed E-state index contributed by atoms with van der Waals surface area (Å²) in [5, 5.41) is 6.68. The van der Waals surface area contributed by atoms with E-state index in [1.165, 1.54) is 19.3 Å². The third-order valence-electron chi connectivity index (χ3n) is 3.66. The Morgan fingerprint density at radius 1 is 1.26 bits per heavy atom. The summed E-state index contributed by atoms with van der Waals surface area (Å²) in [6.07, 6.45) is 5.90. The number of urea groups is 1. The van der Waals surface area contributed by atoms with Crippen LogP contribution in [0.2, 0.25) is 5.02 Å². The van der Waals surface area contributed by atoms with Gasteiger partial charge in [0.25, 0.3) is 0 Å². The Morgan fingerprint density at radius 2 is 1.95 bits per heavy atom. The SMILES string of the molecule is C[C@@H](NC(=O)NC1CCCCC1)c1ccccc1Cl. The van der Waals surface area contributed by atoms with E-state index in [1.54, 1.807) is 0 Å². The molecule has 0 aliphatic heterocycles. The van der Waals surface area contributed by atoms with Crippen LogP contribution in [0.5, 0.6) is 0 Å². The lowest BCUT2D eigenvalue weighted by atomic mass is 9.96. The Balaban J connectivity index is 1.86. The van der Waals surface area contributed by atoms with Crippen LogP contribution in [0.15, 0.2) is 24.3 Å². The molecule has 4 heteroatoms. The number of carbonyl (C=O) groups excluding carboxylic acids is 1. The number of nitrogens with one attached hydrogen (secondary N) is 2. The highest BCUT2D eigenvalue weighted by atomic mass is 35.5. The average Bonchev–Trinajstić information content (AvgIpc) is 2.40. The molecule has 104 valence electrons. The molecule has 0 unspecified atom stereocenters. The van der Waals surface area contributed by atoms with Crippen molar-refractivity contribution in [2.24, 2.45) is 0 Å². The van der Waals surface area contributed by atoms with E-state index < -0.39 is 0 Å². The molecule has 1 aliphatic carbocycles. The van der Waals surface area contributed by atoms with Gasteiger partial charge in [0.15, 0.2) is 0 Å². The predicted octanol–water partition coefficient (Wildman–Crippen LogP) is 4.03. The molecule has 0 heterocycles. The summed E-state index contributed by atoms with van der Waals surface area (Å²) in [6.45, 7) is 1.95. The van der Waals surface area contributed by atoms with Gasteiger partial charge >= 0.3 is 6.03 Å². The summed E-state index contributed by atoms with van der Waals surface area (Å²) in [5.74, 6) is 0. The Bertz CT molecular complexity index is 430. The van der Waals surface area contributed by atoms with Crippen LogP contribution in [0.3, 0.4) is 0 Å². The van der Waals surface area contributed by atoms with Gasteiger partial charge in [-0.25, -0.2) is 4.79 Å². The highest BCUT2D eigenvalue weighted by molar-refractivity contribution is 6.31. The third kappa shape index (κ3) is 4.13. The van der Waals surface area contributed by atoms with Crippen molar-refractivity contribution in [3.63, 3.8) is 0 Å². The quantitative estimate of drug-likeness (QED) is 0.862. The fraction of sp³-hybridized carbons (Fsp3) is 0.533. The van der Waals surface area contributed by atoms with Crippen LogP contribution in [0.25, 0.3) is 0 Å². The van der Waals surface area contributed by atoms with Crippen molar-refractivity contribution in [2.45, 2.75) is 51.1 Å². The fourth-order valence-corrected chi connectivity index (χ4v) is 2.87. The Hall–Kier alpha value is -1.22. The lowest BCUT2D eigenvalue weighted by Crippen LogP contribution is -2.43. The lowest BCUT2D eigenvalue weighted by Gasteiger charge is -2.24. The zero-order chi connectivity index (χ0) is 13.7. The maximum absolute atomic E-state index is 11.9. The molecule has 2 N–H and O–H groups in total. The summed E-state index contributed by atoms with van der Waals surface area (Å²) in [4.78, 5) is 11.9. The van der Waals surface area contributed by atoms with E-state index in [-0.39, 0.29) is 12.1 Å². The summed E-state index contributed by atoms with van der Waals surface area (Å²) in [5.41, 5.74) is 0.947. The van der Waals surface area contributed by atoms with Crippen molar-refractivity contribution in [2.75, 3.05) is 0 Å². The van der Waals surface area contributed by atoms with Crippen LogP contribution < -0.4 is 10.6 Å². The monoisotopic (exact) mass is 280 g/mol. The van der Waals surface area contributed by atoms with E-state index >= 15 is 0 Å². The minimum absolute atomic E-state index is 0.0858. The van der Waals surface area contributed by atoms with Crippen LogP contribution in [0, 0.1) is 0 Å². The molecule has 0 saturated heterocycles. The van der Waals surface area contributed by atoms with Crippen molar-refractivity contribution in [1.82, 2.24) is 10.6 Å². The normalized spacial score (nSPS) is 17.8. The number of amides is 2. The molecule has 2 rings (SSSR count). The second kappa shape index (κ2) is 6.80. The van der Waals surface area contributed by atoms with Gasteiger partial charge in [0, 0.05) is 11.1 Å². The first kappa shape index (κ1) is 14.2. The average molecular weight is 281 g/mol. The van der Waals surface area contributed by atoms with Crippen molar-refractivity contribution < 1.29 is 4.79 Å². The highest BCUT2D eigenvalue weighted by Crippen LogP contribution is 2.22. The number of carbonyl (C=O) groups is 1. The second-order valence-corrected chi connectivity index (χ2v) is 5.60. The van der Waals surface area contributed by atoms with Crippen LogP contribution in [-0.2, 0) is 0 Å². The Labute approximate surface area is 119 Å². The lowest BCUT2D eigenvalue weighted by molar-refractivity contribution is 0.229. The smallest absolute Gasteiger partial charge is 0.315 e. The molecule has 3 nitrogen and oxygen atoms in total. The minimum Gasteiger partial charge on any atom is -0.335 e. The first-order valence-corrected chi connectivity index (χ1v) is 7.36. The molecule has 1 saturated carbocycles. The minimum atomic E-state index is -0.0979. The summed E-state index contributed by atoms with van der Waals surface area (Å²) >= 11 is 6.12. The largest absolute Gasteiger partial charge is 0.335 e. The second-order valence-electron chi connectivity index (χ2n) is 5.20. The fourth-order valence-electron chi connectivity index (χ4n) is 2.57.